The number of hydrogen-bond donors (Lipinski definition) is 1. The van der Waals surface area contributed by atoms with Crippen LogP contribution in [-0.4, -0.2) is 58.2 Å². The number of aromatic amines is 1. The Morgan fingerprint density at radius 2 is 1.97 bits per heavy atom. The van der Waals surface area contributed by atoms with Crippen molar-refractivity contribution in [3.8, 4) is 5.75 Å². The fourth-order valence-electron chi connectivity index (χ4n) is 4.61. The molecular formula is C23H32N4O2. The highest BCUT2D eigenvalue weighted by Crippen LogP contribution is 2.27. The summed E-state index contributed by atoms with van der Waals surface area (Å²) >= 11 is 0. The van der Waals surface area contributed by atoms with Gasteiger partial charge in [-0.1, -0.05) is 18.9 Å². The Morgan fingerprint density at radius 1 is 1.21 bits per heavy atom. The Labute approximate surface area is 173 Å². The number of aromatic nitrogens is 2. The van der Waals surface area contributed by atoms with E-state index in [0.717, 1.165) is 49.1 Å². The van der Waals surface area contributed by atoms with E-state index in [-0.39, 0.29) is 12.0 Å². The van der Waals surface area contributed by atoms with E-state index in [1.807, 2.05) is 37.3 Å². The lowest BCUT2D eigenvalue weighted by atomic mass is 10.0. The van der Waals surface area contributed by atoms with Crippen LogP contribution in [0.3, 0.4) is 0 Å². The van der Waals surface area contributed by atoms with Crippen molar-refractivity contribution >= 4 is 5.91 Å². The van der Waals surface area contributed by atoms with Crippen molar-refractivity contribution in [3.05, 3.63) is 47.3 Å². The maximum absolute atomic E-state index is 12.8. The summed E-state index contributed by atoms with van der Waals surface area (Å²) in [5, 5.41) is 7.13. The van der Waals surface area contributed by atoms with Crippen LogP contribution in [0.25, 0.3) is 0 Å². The number of likely N-dealkylation sites (tertiary alicyclic amines) is 1. The molecule has 1 aromatic carbocycles. The number of benzene rings is 1. The molecule has 1 N–H and O–H groups in total. The minimum Gasteiger partial charge on any atom is -0.490 e. The number of carbonyl (C=O) groups excluding carboxylic acids is 1. The smallest absolute Gasteiger partial charge is 0.254 e. The van der Waals surface area contributed by atoms with Gasteiger partial charge in [-0.15, -0.1) is 0 Å². The van der Waals surface area contributed by atoms with E-state index in [0.29, 0.717) is 12.1 Å². The molecule has 6 nitrogen and oxygen atoms in total. The largest absolute Gasteiger partial charge is 0.490 e. The van der Waals surface area contributed by atoms with Gasteiger partial charge in [0.1, 0.15) is 11.9 Å². The number of amides is 1. The summed E-state index contributed by atoms with van der Waals surface area (Å²) in [5.74, 6) is 0.770. The summed E-state index contributed by atoms with van der Waals surface area (Å²) in [5.41, 5.74) is 2.51. The molecule has 0 bridgehead atoms. The van der Waals surface area contributed by atoms with Crippen molar-refractivity contribution in [3.63, 3.8) is 0 Å². The van der Waals surface area contributed by atoms with Crippen LogP contribution in [0.1, 0.15) is 60.3 Å². The van der Waals surface area contributed by atoms with Crippen LogP contribution in [0.2, 0.25) is 0 Å². The molecule has 2 fully saturated rings. The molecule has 1 amide bonds. The zero-order valence-electron chi connectivity index (χ0n) is 17.6. The lowest BCUT2D eigenvalue weighted by Crippen LogP contribution is -2.43. The standard InChI is InChI=1S/C23H32N4O2/c1-17-14-19(25-24-17)16-26(2)23(28)18-6-5-9-22(15-18)29-21-10-12-27(13-11-21)20-7-3-4-8-20/h5-6,9,14-15,20-21H,3-4,7-8,10-13,16H2,1-2H3,(H,24,25). The van der Waals surface area contributed by atoms with E-state index in [2.05, 4.69) is 15.1 Å². The van der Waals surface area contributed by atoms with Crippen LogP contribution in [0.4, 0.5) is 0 Å². The molecule has 0 unspecified atom stereocenters. The second-order valence-corrected chi connectivity index (χ2v) is 8.52. The first-order valence-electron chi connectivity index (χ1n) is 10.9. The summed E-state index contributed by atoms with van der Waals surface area (Å²) in [6, 6.07) is 10.3. The Kier molecular flexibility index (Phi) is 6.19. The van der Waals surface area contributed by atoms with E-state index in [1.54, 1.807) is 11.9 Å². The molecule has 2 aromatic rings. The summed E-state index contributed by atoms with van der Waals surface area (Å²) in [6.07, 6.45) is 7.86. The molecule has 6 heteroatoms. The van der Waals surface area contributed by atoms with Crippen LogP contribution in [0.15, 0.2) is 30.3 Å². The van der Waals surface area contributed by atoms with E-state index >= 15 is 0 Å². The molecule has 0 atom stereocenters. The molecular weight excluding hydrogens is 364 g/mol. The second kappa shape index (κ2) is 8.99. The van der Waals surface area contributed by atoms with Gasteiger partial charge in [-0.2, -0.15) is 5.10 Å². The first-order chi connectivity index (χ1) is 14.1. The number of nitrogens with one attached hydrogen (secondary N) is 1. The maximum Gasteiger partial charge on any atom is 0.254 e. The van der Waals surface area contributed by atoms with Crippen LogP contribution in [-0.2, 0) is 6.54 Å². The predicted molar refractivity (Wildman–Crippen MR) is 113 cm³/mol. The quantitative estimate of drug-likeness (QED) is 0.807. The monoisotopic (exact) mass is 396 g/mol. The number of nitrogens with zero attached hydrogens (tertiary/aromatic N) is 3. The molecule has 1 saturated carbocycles. The van der Waals surface area contributed by atoms with Gasteiger partial charge in [-0.05, 0) is 56.9 Å². The Hall–Kier alpha value is -2.34. The van der Waals surface area contributed by atoms with Gasteiger partial charge in [0, 0.05) is 37.4 Å². The first-order valence-corrected chi connectivity index (χ1v) is 10.9. The number of carbonyl (C=O) groups is 1. The summed E-state index contributed by atoms with van der Waals surface area (Å²) in [4.78, 5) is 17.2. The molecule has 4 rings (SSSR count). The van der Waals surface area contributed by atoms with Gasteiger partial charge in [-0.25, -0.2) is 0 Å². The van der Waals surface area contributed by atoms with Gasteiger partial charge < -0.3 is 14.5 Å². The van der Waals surface area contributed by atoms with Gasteiger partial charge in [-0.3, -0.25) is 9.89 Å². The average Bonchev–Trinajstić information content (AvgIpc) is 3.40. The lowest BCUT2D eigenvalue weighted by molar-refractivity contribution is 0.0752. The van der Waals surface area contributed by atoms with Crippen molar-refractivity contribution < 1.29 is 9.53 Å². The number of H-pyrrole nitrogens is 1. The van der Waals surface area contributed by atoms with Crippen molar-refractivity contribution in [2.24, 2.45) is 0 Å². The van der Waals surface area contributed by atoms with E-state index in [4.69, 9.17) is 4.74 Å². The Bertz CT molecular complexity index is 820. The summed E-state index contributed by atoms with van der Waals surface area (Å²) in [6.45, 7) is 4.69. The third-order valence-corrected chi connectivity index (χ3v) is 6.21. The third-order valence-electron chi connectivity index (χ3n) is 6.21. The van der Waals surface area contributed by atoms with Crippen LogP contribution in [0.5, 0.6) is 5.75 Å². The van der Waals surface area contributed by atoms with Crippen molar-refractivity contribution in [2.75, 3.05) is 20.1 Å². The number of ether oxygens (including phenoxy) is 1. The van der Waals surface area contributed by atoms with Crippen molar-refractivity contribution in [2.45, 2.75) is 64.1 Å². The molecule has 1 aromatic heterocycles. The highest BCUT2D eigenvalue weighted by molar-refractivity contribution is 5.94. The molecule has 2 aliphatic rings. The van der Waals surface area contributed by atoms with Crippen LogP contribution < -0.4 is 4.74 Å². The molecule has 1 saturated heterocycles. The lowest BCUT2D eigenvalue weighted by Gasteiger charge is -2.36. The molecule has 1 aliphatic carbocycles. The third kappa shape index (κ3) is 4.99. The summed E-state index contributed by atoms with van der Waals surface area (Å²) < 4.78 is 6.24. The zero-order valence-corrected chi connectivity index (χ0v) is 17.6. The Morgan fingerprint density at radius 3 is 2.66 bits per heavy atom. The average molecular weight is 397 g/mol. The molecule has 1 aliphatic heterocycles. The first kappa shape index (κ1) is 20.0. The van der Waals surface area contributed by atoms with E-state index in [1.165, 1.54) is 25.7 Å². The maximum atomic E-state index is 12.8. The van der Waals surface area contributed by atoms with Crippen molar-refractivity contribution in [1.82, 2.24) is 20.0 Å². The van der Waals surface area contributed by atoms with Gasteiger partial charge in [0.2, 0.25) is 0 Å². The number of hydrogen-bond acceptors (Lipinski definition) is 4. The van der Waals surface area contributed by atoms with Crippen LogP contribution >= 0.6 is 0 Å². The zero-order chi connectivity index (χ0) is 20.2. The topological polar surface area (TPSA) is 61.5 Å². The van der Waals surface area contributed by atoms with E-state index in [9.17, 15) is 4.79 Å². The SMILES string of the molecule is Cc1cc(CN(C)C(=O)c2cccc(OC3CCN(C4CCCC4)CC3)c2)n[nH]1. The van der Waals surface area contributed by atoms with Crippen molar-refractivity contribution in [1.29, 1.82) is 0 Å². The summed E-state index contributed by atoms with van der Waals surface area (Å²) in [7, 11) is 1.80. The predicted octanol–water partition coefficient (Wildman–Crippen LogP) is 3.78. The molecule has 0 spiro atoms. The molecule has 156 valence electrons. The van der Waals surface area contributed by atoms with Crippen LogP contribution in [0, 0.1) is 6.92 Å². The van der Waals surface area contributed by atoms with Gasteiger partial charge in [0.15, 0.2) is 0 Å². The minimum absolute atomic E-state index is 0.0212. The fourth-order valence-corrected chi connectivity index (χ4v) is 4.61. The van der Waals surface area contributed by atoms with E-state index < -0.39 is 0 Å². The fraction of sp³-hybridized carbons (Fsp3) is 0.565. The van der Waals surface area contributed by atoms with Gasteiger partial charge in [0.25, 0.3) is 5.91 Å². The second-order valence-electron chi connectivity index (χ2n) is 8.52. The highest BCUT2D eigenvalue weighted by Gasteiger charge is 2.28. The van der Waals surface area contributed by atoms with Gasteiger partial charge in [0.05, 0.1) is 12.2 Å². The highest BCUT2D eigenvalue weighted by atomic mass is 16.5. The Balaban J connectivity index is 1.32. The number of aryl methyl sites for hydroxylation is 1. The molecule has 2 heterocycles. The molecule has 29 heavy (non-hydrogen) atoms. The van der Waals surface area contributed by atoms with Gasteiger partial charge >= 0.3 is 0 Å². The number of piperidine rings is 1. The number of rotatable bonds is 6. The minimum atomic E-state index is -0.0212. The molecule has 0 radical (unpaired) electrons. The normalized spacial score (nSPS) is 18.8.